The van der Waals surface area contributed by atoms with E-state index >= 15 is 0 Å². The summed E-state index contributed by atoms with van der Waals surface area (Å²) in [6.07, 6.45) is 7.59. The molecule has 0 fully saturated rings. The molecule has 1 atom stereocenters. The van der Waals surface area contributed by atoms with Crippen LogP contribution in [-0.2, 0) is 30.0 Å². The Morgan fingerprint density at radius 2 is 1.21 bits per heavy atom. The third-order valence-corrected chi connectivity index (χ3v) is 5.53. The summed E-state index contributed by atoms with van der Waals surface area (Å²) in [6.45, 7) is 22.4. The molecule has 0 saturated carbocycles. The largest absolute Gasteiger partial charge is 1.00 e. The molecule has 1 aliphatic rings. The third kappa shape index (κ3) is 9.75. The van der Waals surface area contributed by atoms with Gasteiger partial charge in [0.15, 0.2) is 0 Å². The number of hydrogen-bond donors (Lipinski definition) is 0. The van der Waals surface area contributed by atoms with E-state index in [1.54, 1.807) is 0 Å². The van der Waals surface area contributed by atoms with Crippen molar-refractivity contribution in [3.8, 4) is 0 Å². The normalized spacial score (nSPS) is 14.8. The number of benzene rings is 2. The minimum Gasteiger partial charge on any atom is -1.00 e. The van der Waals surface area contributed by atoms with Crippen LogP contribution in [-0.4, -0.2) is 6.19 Å². The quantitative estimate of drug-likeness (QED) is 0.300. The summed E-state index contributed by atoms with van der Waals surface area (Å²) in [7, 11) is 0. The van der Waals surface area contributed by atoms with Crippen LogP contribution >= 0.6 is 0 Å². The van der Waals surface area contributed by atoms with Crippen molar-refractivity contribution in [2.45, 2.75) is 79.3 Å². The van der Waals surface area contributed by atoms with Crippen molar-refractivity contribution in [3.05, 3.63) is 77.4 Å². The fraction of sp³-hybridized carbons (Fsp3) is 0.433. The van der Waals surface area contributed by atoms with E-state index in [0.717, 1.165) is 0 Å². The smallest absolute Gasteiger partial charge is 1.00 e. The van der Waals surface area contributed by atoms with Crippen LogP contribution in [0.1, 0.15) is 66.5 Å². The summed E-state index contributed by atoms with van der Waals surface area (Å²) in [5.41, 5.74) is 4.48. The van der Waals surface area contributed by atoms with Crippen molar-refractivity contribution in [2.75, 3.05) is 0 Å². The SMILES string of the molecule is CC(C)(C)c1ccc2c(c1)[cH-]c1cc(C(C)(C)C)ccc12.CC1=[C-]C(C)C=C1.C[Si](C)=[Ti+2].[Cl-].[Cl-]. The molecule has 3 aromatic rings. The molecular formula is C30H40Cl2SiTi-2. The van der Waals surface area contributed by atoms with Crippen LogP contribution < -0.4 is 24.8 Å². The molecule has 0 heterocycles. The molecule has 0 saturated heterocycles. The topological polar surface area (TPSA) is 0 Å². The molecular weight excluding hydrogens is 507 g/mol. The molecule has 4 heteroatoms. The second-order valence-corrected chi connectivity index (χ2v) is 17.9. The molecule has 0 amide bonds. The maximum absolute atomic E-state index is 3.22. The summed E-state index contributed by atoms with van der Waals surface area (Å²) >= 11 is 2.27. The van der Waals surface area contributed by atoms with E-state index in [0.29, 0.717) is 5.92 Å². The summed E-state index contributed by atoms with van der Waals surface area (Å²) in [5.74, 6) is 0.556. The molecule has 0 aliphatic heterocycles. The van der Waals surface area contributed by atoms with Gasteiger partial charge in [0.1, 0.15) is 0 Å². The first kappa shape index (κ1) is 33.3. The third-order valence-electron chi connectivity index (χ3n) is 5.53. The van der Waals surface area contributed by atoms with Crippen molar-refractivity contribution >= 4 is 27.7 Å². The zero-order valence-corrected chi connectivity index (χ0v) is 26.6. The van der Waals surface area contributed by atoms with Gasteiger partial charge < -0.3 is 24.8 Å². The Hall–Kier alpha value is -0.699. The molecule has 1 aliphatic carbocycles. The van der Waals surface area contributed by atoms with Crippen LogP contribution in [0.4, 0.5) is 0 Å². The molecule has 0 radical (unpaired) electrons. The second-order valence-electron chi connectivity index (χ2n) is 11.2. The van der Waals surface area contributed by atoms with Gasteiger partial charge in [0.25, 0.3) is 0 Å². The predicted molar refractivity (Wildman–Crippen MR) is 143 cm³/mol. The number of allylic oxidation sites excluding steroid dienone is 4. The zero-order valence-electron chi connectivity index (χ0n) is 22.5. The molecule has 0 nitrogen and oxygen atoms in total. The summed E-state index contributed by atoms with van der Waals surface area (Å²) in [6, 6.07) is 16.2. The minimum absolute atomic E-state index is 0. The first-order valence-corrected chi connectivity index (χ1v) is 16.5. The molecule has 0 bridgehead atoms. The summed E-state index contributed by atoms with van der Waals surface area (Å²) in [5, 5.41) is 5.48. The van der Waals surface area contributed by atoms with Crippen molar-refractivity contribution in [2.24, 2.45) is 5.92 Å². The maximum Gasteiger partial charge on any atom is -1.00 e. The van der Waals surface area contributed by atoms with E-state index in [4.69, 9.17) is 0 Å². The van der Waals surface area contributed by atoms with E-state index < -0.39 is 0 Å². The Balaban J connectivity index is 0.000000702. The molecule has 34 heavy (non-hydrogen) atoms. The number of hydrogen-bond acceptors (Lipinski definition) is 0. The van der Waals surface area contributed by atoms with E-state index in [1.165, 1.54) is 38.2 Å². The number of halogens is 2. The Morgan fingerprint density at radius 1 is 0.824 bits per heavy atom. The molecule has 184 valence electrons. The van der Waals surface area contributed by atoms with Crippen LogP contribution in [0.3, 0.4) is 0 Å². The number of fused-ring (bicyclic) bond motifs is 3. The monoisotopic (exact) mass is 546 g/mol. The van der Waals surface area contributed by atoms with E-state index in [1.807, 2.05) is 0 Å². The van der Waals surface area contributed by atoms with Crippen LogP contribution in [0.2, 0.25) is 13.1 Å². The fourth-order valence-electron chi connectivity index (χ4n) is 3.70. The first-order valence-electron chi connectivity index (χ1n) is 11.6. The van der Waals surface area contributed by atoms with Crippen molar-refractivity contribution in [1.29, 1.82) is 0 Å². The van der Waals surface area contributed by atoms with Crippen LogP contribution in [0.15, 0.2) is 60.2 Å². The fourth-order valence-corrected chi connectivity index (χ4v) is 3.70. The van der Waals surface area contributed by atoms with E-state index in [2.05, 4.69) is 148 Å². The van der Waals surface area contributed by atoms with Gasteiger partial charge in [0.2, 0.25) is 0 Å². The van der Waals surface area contributed by atoms with Crippen LogP contribution in [0.25, 0.3) is 21.5 Å². The molecule has 0 aromatic heterocycles. The zero-order chi connectivity index (χ0) is 24.3. The molecule has 0 N–H and O–H groups in total. The van der Waals surface area contributed by atoms with E-state index in [-0.39, 0.29) is 41.8 Å². The first-order chi connectivity index (χ1) is 14.7. The number of rotatable bonds is 0. The minimum atomic E-state index is 0. The Labute approximate surface area is 233 Å². The molecule has 3 aromatic carbocycles. The van der Waals surface area contributed by atoms with Gasteiger partial charge in [0, 0.05) is 0 Å². The second kappa shape index (κ2) is 13.6. The summed E-state index contributed by atoms with van der Waals surface area (Å²) in [4.78, 5) is 0. The maximum atomic E-state index is 3.22. The van der Waals surface area contributed by atoms with Crippen molar-refractivity contribution < 1.29 is 44.0 Å². The summed E-state index contributed by atoms with van der Waals surface area (Å²) < 4.78 is 0. The van der Waals surface area contributed by atoms with Crippen LogP contribution in [0.5, 0.6) is 0 Å². The van der Waals surface area contributed by atoms with Gasteiger partial charge in [-0.15, -0.1) is 39.7 Å². The van der Waals surface area contributed by atoms with Gasteiger partial charge in [-0.1, -0.05) is 96.7 Å². The standard InChI is InChI=1S/C21H25.C7H9.C2H6Si.2ClH.Ti/c1-20(2,3)16-7-9-18-14(12-16)11-15-13-17(21(4,5)6)8-10-19(15)18;1-6-3-4-7(2)5-6;1-3-2;;;/h7-13H,1-6H3;3-4,6H,1-2H3;1-2H3;2*1H;/q2*-1;;;;+2/p-2. The van der Waals surface area contributed by atoms with Gasteiger partial charge >= 0.3 is 38.5 Å². The van der Waals surface area contributed by atoms with Gasteiger partial charge in [0.05, 0.1) is 0 Å². The van der Waals surface area contributed by atoms with Crippen LogP contribution in [0, 0.1) is 12.0 Å². The molecule has 4 rings (SSSR count). The van der Waals surface area contributed by atoms with Crippen molar-refractivity contribution in [1.82, 2.24) is 0 Å². The predicted octanol–water partition coefficient (Wildman–Crippen LogP) is 3.04. The van der Waals surface area contributed by atoms with E-state index in [9.17, 15) is 0 Å². The molecule has 0 spiro atoms. The van der Waals surface area contributed by atoms with Gasteiger partial charge in [-0.3, -0.25) is 6.08 Å². The Bertz CT molecular complexity index is 1080. The average molecular weight is 548 g/mol. The van der Waals surface area contributed by atoms with Gasteiger partial charge in [-0.05, 0) is 10.8 Å². The average Bonchev–Trinajstić information content (AvgIpc) is 3.21. The van der Waals surface area contributed by atoms with Crippen molar-refractivity contribution in [3.63, 3.8) is 0 Å². The Morgan fingerprint density at radius 3 is 1.44 bits per heavy atom. The molecule has 1 unspecified atom stereocenters. The van der Waals surface area contributed by atoms with Gasteiger partial charge in [-0.2, -0.15) is 6.08 Å². The Kier molecular flexibility index (Phi) is 13.3. The van der Waals surface area contributed by atoms with Gasteiger partial charge in [-0.25, -0.2) is 11.6 Å².